The topological polar surface area (TPSA) is 62.1 Å². The molecule has 0 aliphatic rings. The predicted octanol–water partition coefficient (Wildman–Crippen LogP) is 2.54. The van der Waals surface area contributed by atoms with Gasteiger partial charge in [0.15, 0.2) is 12.4 Å². The highest BCUT2D eigenvalue weighted by Gasteiger charge is 2.13. The lowest BCUT2D eigenvalue weighted by Crippen LogP contribution is -2.41. The second-order valence-electron chi connectivity index (χ2n) is 5.85. The van der Waals surface area contributed by atoms with Crippen LogP contribution in [-0.2, 0) is 17.9 Å². The van der Waals surface area contributed by atoms with E-state index in [1.807, 2.05) is 60.7 Å². The highest BCUT2D eigenvalue weighted by molar-refractivity contribution is 5.93. The lowest BCUT2D eigenvalue weighted by atomic mass is 10.2. The van der Waals surface area contributed by atoms with Crippen molar-refractivity contribution in [2.24, 2.45) is 0 Å². The monoisotopic (exact) mass is 346 g/mol. The van der Waals surface area contributed by atoms with Gasteiger partial charge in [0.1, 0.15) is 5.56 Å². The predicted molar refractivity (Wildman–Crippen MR) is 99.3 cm³/mol. The number of carbonyl (C=O) groups is 2. The van der Waals surface area contributed by atoms with Gasteiger partial charge in [-0.05, 0) is 23.8 Å². The summed E-state index contributed by atoms with van der Waals surface area (Å²) >= 11 is 0. The normalized spacial score (nSPS) is 10.2. The third-order valence-electron chi connectivity index (χ3n) is 3.80. The molecule has 26 heavy (non-hydrogen) atoms. The molecule has 0 saturated heterocycles. The number of aromatic nitrogens is 1. The number of amides is 2. The zero-order valence-electron chi connectivity index (χ0n) is 14.3. The van der Waals surface area contributed by atoms with Crippen LogP contribution in [0.15, 0.2) is 85.2 Å². The maximum atomic E-state index is 12.3. The van der Waals surface area contributed by atoms with Crippen molar-refractivity contribution in [3.05, 3.63) is 96.3 Å². The lowest BCUT2D eigenvalue weighted by molar-refractivity contribution is -0.684. The van der Waals surface area contributed by atoms with E-state index in [2.05, 4.69) is 10.6 Å². The molecule has 0 radical (unpaired) electrons. The Hall–Kier alpha value is -3.47. The summed E-state index contributed by atoms with van der Waals surface area (Å²) in [5.74, 6) is -0.324. The zero-order valence-corrected chi connectivity index (χ0v) is 14.3. The number of hydrogen-bond acceptors (Lipinski definition) is 2. The minimum absolute atomic E-state index is 0.134. The van der Waals surface area contributed by atoms with Gasteiger partial charge < -0.3 is 10.6 Å². The summed E-state index contributed by atoms with van der Waals surface area (Å²) in [5, 5.41) is 5.71. The molecule has 1 aromatic heterocycles. The quantitative estimate of drug-likeness (QED) is 0.674. The standard InChI is InChI=1S/C21H19N3O2/c25-20(23-19-11-5-2-6-12-19)16-24-13-7-10-18(15-24)21(26)22-14-17-8-3-1-4-9-17/h1-13,15H,14,16H2,(H-,22,23,25,26)/p+1. The minimum Gasteiger partial charge on any atom is -0.348 e. The first-order chi connectivity index (χ1) is 12.7. The van der Waals surface area contributed by atoms with Crippen LogP contribution in [0.25, 0.3) is 0 Å². The fourth-order valence-electron chi connectivity index (χ4n) is 2.52. The van der Waals surface area contributed by atoms with Gasteiger partial charge in [-0.2, -0.15) is 4.57 Å². The van der Waals surface area contributed by atoms with Crippen molar-refractivity contribution in [1.29, 1.82) is 0 Å². The van der Waals surface area contributed by atoms with Gasteiger partial charge in [0.05, 0.1) is 0 Å². The van der Waals surface area contributed by atoms with E-state index in [4.69, 9.17) is 0 Å². The molecular formula is C21H20N3O2+. The van der Waals surface area contributed by atoms with Crippen molar-refractivity contribution in [3.8, 4) is 0 Å². The number of carbonyl (C=O) groups excluding carboxylic acids is 2. The highest BCUT2D eigenvalue weighted by atomic mass is 16.2. The molecule has 130 valence electrons. The van der Waals surface area contributed by atoms with E-state index in [0.717, 1.165) is 11.3 Å². The number of para-hydroxylation sites is 1. The number of benzene rings is 2. The fourth-order valence-corrected chi connectivity index (χ4v) is 2.52. The molecule has 3 aromatic rings. The molecule has 3 rings (SSSR count). The van der Waals surface area contributed by atoms with E-state index >= 15 is 0 Å². The third kappa shape index (κ3) is 5.01. The van der Waals surface area contributed by atoms with Crippen molar-refractivity contribution in [1.82, 2.24) is 5.32 Å². The van der Waals surface area contributed by atoms with E-state index in [1.54, 1.807) is 29.1 Å². The molecule has 0 bridgehead atoms. The van der Waals surface area contributed by atoms with Crippen LogP contribution in [0.1, 0.15) is 15.9 Å². The SMILES string of the molecule is O=C(C[n+]1cccc(C(=O)NCc2ccccc2)c1)Nc1ccccc1. The largest absolute Gasteiger partial charge is 0.348 e. The fraction of sp³-hybridized carbons (Fsp3) is 0.0952. The lowest BCUT2D eigenvalue weighted by Gasteiger charge is -2.05. The van der Waals surface area contributed by atoms with Crippen molar-refractivity contribution in [2.75, 3.05) is 5.32 Å². The zero-order chi connectivity index (χ0) is 18.2. The maximum absolute atomic E-state index is 12.3. The molecule has 2 N–H and O–H groups in total. The molecule has 5 nitrogen and oxygen atoms in total. The summed E-state index contributed by atoms with van der Waals surface area (Å²) in [5.41, 5.74) is 2.29. The first-order valence-electron chi connectivity index (χ1n) is 8.37. The Balaban J connectivity index is 1.58. The second kappa shape index (κ2) is 8.58. The summed E-state index contributed by atoms with van der Waals surface area (Å²) in [4.78, 5) is 24.5. The average molecular weight is 346 g/mol. The van der Waals surface area contributed by atoms with Crippen molar-refractivity contribution < 1.29 is 14.2 Å². The molecule has 5 heteroatoms. The Kier molecular flexibility index (Phi) is 5.72. The second-order valence-corrected chi connectivity index (χ2v) is 5.85. The Morgan fingerprint density at radius 1 is 0.846 bits per heavy atom. The molecule has 1 heterocycles. The number of hydrogen-bond donors (Lipinski definition) is 2. The highest BCUT2D eigenvalue weighted by Crippen LogP contribution is 2.04. The molecule has 2 aromatic carbocycles. The molecular weight excluding hydrogens is 326 g/mol. The van der Waals surface area contributed by atoms with E-state index in [-0.39, 0.29) is 18.4 Å². The molecule has 0 unspecified atom stereocenters. The van der Waals surface area contributed by atoms with Crippen LogP contribution >= 0.6 is 0 Å². The van der Waals surface area contributed by atoms with E-state index < -0.39 is 0 Å². The molecule has 0 saturated carbocycles. The van der Waals surface area contributed by atoms with Gasteiger partial charge in [0, 0.05) is 18.3 Å². The summed E-state index contributed by atoms with van der Waals surface area (Å²) in [6.45, 7) is 0.595. The van der Waals surface area contributed by atoms with Gasteiger partial charge in [-0.15, -0.1) is 0 Å². The Bertz CT molecular complexity index is 880. The Morgan fingerprint density at radius 3 is 2.27 bits per heavy atom. The Morgan fingerprint density at radius 2 is 1.54 bits per heavy atom. The van der Waals surface area contributed by atoms with Gasteiger partial charge >= 0.3 is 0 Å². The first kappa shape index (κ1) is 17.4. The number of pyridine rings is 1. The number of nitrogens with one attached hydrogen (secondary N) is 2. The molecule has 0 spiro atoms. The number of rotatable bonds is 6. The molecule has 0 aliphatic carbocycles. The minimum atomic E-state index is -0.174. The first-order valence-corrected chi connectivity index (χ1v) is 8.37. The third-order valence-corrected chi connectivity index (χ3v) is 3.80. The van der Waals surface area contributed by atoms with E-state index in [9.17, 15) is 9.59 Å². The van der Waals surface area contributed by atoms with Crippen LogP contribution in [0.2, 0.25) is 0 Å². The van der Waals surface area contributed by atoms with Gasteiger partial charge in [-0.25, -0.2) is 0 Å². The number of anilines is 1. The molecule has 0 aliphatic heterocycles. The average Bonchev–Trinajstić information content (AvgIpc) is 2.68. The van der Waals surface area contributed by atoms with Gasteiger partial charge in [0.25, 0.3) is 11.8 Å². The smallest absolute Gasteiger partial charge is 0.290 e. The molecule has 0 atom stereocenters. The van der Waals surface area contributed by atoms with Crippen molar-refractivity contribution in [3.63, 3.8) is 0 Å². The van der Waals surface area contributed by atoms with Crippen LogP contribution in [0.5, 0.6) is 0 Å². The van der Waals surface area contributed by atoms with E-state index in [1.165, 1.54) is 0 Å². The summed E-state index contributed by atoms with van der Waals surface area (Å²) in [7, 11) is 0. The van der Waals surface area contributed by atoms with Crippen LogP contribution in [-0.4, -0.2) is 11.8 Å². The van der Waals surface area contributed by atoms with Crippen LogP contribution in [0.4, 0.5) is 5.69 Å². The Labute approximate surface area is 152 Å². The van der Waals surface area contributed by atoms with Crippen LogP contribution < -0.4 is 15.2 Å². The summed E-state index contributed by atoms with van der Waals surface area (Å²) in [6, 6.07) is 22.5. The molecule has 0 fully saturated rings. The van der Waals surface area contributed by atoms with Gasteiger partial charge in [-0.3, -0.25) is 9.59 Å². The van der Waals surface area contributed by atoms with Crippen molar-refractivity contribution >= 4 is 17.5 Å². The summed E-state index contributed by atoms with van der Waals surface area (Å²) in [6.07, 6.45) is 3.43. The van der Waals surface area contributed by atoms with Gasteiger partial charge in [0.2, 0.25) is 6.54 Å². The van der Waals surface area contributed by atoms with Crippen LogP contribution in [0.3, 0.4) is 0 Å². The van der Waals surface area contributed by atoms with E-state index in [0.29, 0.717) is 12.1 Å². The van der Waals surface area contributed by atoms with Gasteiger partial charge in [-0.1, -0.05) is 48.5 Å². The van der Waals surface area contributed by atoms with Crippen molar-refractivity contribution in [2.45, 2.75) is 13.1 Å². The maximum Gasteiger partial charge on any atom is 0.290 e. The summed E-state index contributed by atoms with van der Waals surface area (Å²) < 4.78 is 1.69. The molecule has 2 amide bonds. The van der Waals surface area contributed by atoms with Crippen LogP contribution in [0, 0.1) is 0 Å². The number of nitrogens with zero attached hydrogens (tertiary/aromatic N) is 1.